The van der Waals surface area contributed by atoms with Crippen LogP contribution in [0.4, 0.5) is 0 Å². The standard InChI is InChI=1S/C33H48BrNO4S/c1-18(2)31(27-9-10-28(34)40-27)35-29(38)15-19(3)23-7-8-24-30-25(12-14-33(23,24)6)32(5)13-11-22(37)16-21(32)17-26(30)39-20(4)36/h9-10,18-19,21,23-26,30-31H,7-8,11-17H2,1-6H3,(H,35,38)/t19-,21?,23?,24+,25+,26-,30?,31?,32?,33?/m1/s1. The highest BCUT2D eigenvalue weighted by Gasteiger charge is 2.63. The second-order valence-corrected chi connectivity index (χ2v) is 17.0. The van der Waals surface area contributed by atoms with Gasteiger partial charge >= 0.3 is 5.97 Å². The SMILES string of the molecule is CC(=O)O[C@@H]1CC2CC(=O)CCC2(C)[C@H]2CCC3(C)C([C@H](C)CC(=O)NC(c4ccc(Br)s4)C(C)C)CC[C@H]3C12. The van der Waals surface area contributed by atoms with Crippen LogP contribution in [0.15, 0.2) is 15.9 Å². The molecule has 1 aromatic rings. The van der Waals surface area contributed by atoms with Gasteiger partial charge in [0.1, 0.15) is 11.9 Å². The van der Waals surface area contributed by atoms with Crippen LogP contribution in [0, 0.1) is 52.3 Å². The van der Waals surface area contributed by atoms with Crippen molar-refractivity contribution >= 4 is 44.9 Å². The van der Waals surface area contributed by atoms with Crippen LogP contribution in [0.1, 0.15) is 110 Å². The summed E-state index contributed by atoms with van der Waals surface area (Å²) in [5, 5.41) is 3.36. The molecule has 1 amide bonds. The maximum absolute atomic E-state index is 13.4. The molecular formula is C33H48BrNO4S. The van der Waals surface area contributed by atoms with Gasteiger partial charge in [0, 0.05) is 37.0 Å². The number of hydrogen-bond donors (Lipinski definition) is 1. The zero-order valence-electron chi connectivity index (χ0n) is 25.1. The monoisotopic (exact) mass is 633 g/mol. The van der Waals surface area contributed by atoms with E-state index in [2.05, 4.69) is 68.0 Å². The lowest BCUT2D eigenvalue weighted by Gasteiger charge is -2.62. The molecule has 4 saturated carbocycles. The number of rotatable bonds is 7. The molecule has 5 nitrogen and oxygen atoms in total. The summed E-state index contributed by atoms with van der Waals surface area (Å²) in [7, 11) is 0. The Morgan fingerprint density at radius 3 is 2.48 bits per heavy atom. The summed E-state index contributed by atoms with van der Waals surface area (Å²) in [6.45, 7) is 13.1. The Balaban J connectivity index is 1.32. The van der Waals surface area contributed by atoms with E-state index in [1.807, 2.05) is 0 Å². The fourth-order valence-corrected chi connectivity index (χ4v) is 11.7. The number of hydrogen-bond acceptors (Lipinski definition) is 5. The van der Waals surface area contributed by atoms with Gasteiger partial charge in [-0.15, -0.1) is 11.3 Å². The molecule has 0 aliphatic heterocycles. The summed E-state index contributed by atoms with van der Waals surface area (Å²) in [5.74, 6) is 3.08. The van der Waals surface area contributed by atoms with Crippen molar-refractivity contribution in [3.8, 4) is 0 Å². The summed E-state index contributed by atoms with van der Waals surface area (Å²) in [6, 6.07) is 4.20. The number of Topliss-reactive ketones (excluding diaryl/α,β-unsaturated/α-hetero) is 1. The van der Waals surface area contributed by atoms with Crippen LogP contribution in [0.25, 0.3) is 0 Å². The second kappa shape index (κ2) is 11.5. The van der Waals surface area contributed by atoms with Crippen molar-refractivity contribution in [2.75, 3.05) is 0 Å². The van der Waals surface area contributed by atoms with Crippen molar-refractivity contribution in [3.05, 3.63) is 20.8 Å². The van der Waals surface area contributed by atoms with E-state index in [1.54, 1.807) is 11.3 Å². The predicted molar refractivity (Wildman–Crippen MR) is 163 cm³/mol. The predicted octanol–water partition coefficient (Wildman–Crippen LogP) is 8.12. The fourth-order valence-electron chi connectivity index (χ4n) is 10.0. The van der Waals surface area contributed by atoms with Crippen LogP contribution < -0.4 is 5.32 Å². The summed E-state index contributed by atoms with van der Waals surface area (Å²) in [5.41, 5.74) is 0.297. The van der Waals surface area contributed by atoms with Crippen LogP contribution in [0.3, 0.4) is 0 Å². The highest BCUT2D eigenvalue weighted by atomic mass is 79.9. The van der Waals surface area contributed by atoms with E-state index in [0.717, 1.165) is 42.3 Å². The highest BCUT2D eigenvalue weighted by molar-refractivity contribution is 9.11. The average Bonchev–Trinajstić information content (AvgIpc) is 3.45. The van der Waals surface area contributed by atoms with Crippen molar-refractivity contribution in [2.45, 2.75) is 111 Å². The molecule has 0 spiro atoms. The molecule has 1 aromatic heterocycles. The Kier molecular flexibility index (Phi) is 8.67. The quantitative estimate of drug-likeness (QED) is 0.308. The van der Waals surface area contributed by atoms with Gasteiger partial charge in [-0.05, 0) is 113 Å². The van der Waals surface area contributed by atoms with E-state index in [-0.39, 0.29) is 34.9 Å². The highest BCUT2D eigenvalue weighted by Crippen LogP contribution is 2.68. The molecular weight excluding hydrogens is 586 g/mol. The van der Waals surface area contributed by atoms with E-state index in [0.29, 0.717) is 66.5 Å². The molecule has 6 unspecified atom stereocenters. The number of ketones is 1. The maximum Gasteiger partial charge on any atom is 0.302 e. The van der Waals surface area contributed by atoms with E-state index < -0.39 is 0 Å². The molecule has 40 heavy (non-hydrogen) atoms. The van der Waals surface area contributed by atoms with Crippen LogP contribution in [0.5, 0.6) is 0 Å². The van der Waals surface area contributed by atoms with Crippen LogP contribution in [-0.4, -0.2) is 23.8 Å². The minimum atomic E-state index is -0.196. The Hall–Kier alpha value is -1.21. The summed E-state index contributed by atoms with van der Waals surface area (Å²) in [4.78, 5) is 39.3. The third-order valence-corrected chi connectivity index (χ3v) is 13.7. The molecule has 7 heteroatoms. The number of carbonyl (C=O) groups excluding carboxylic acids is 3. The van der Waals surface area contributed by atoms with Gasteiger partial charge in [-0.1, -0.05) is 34.6 Å². The topological polar surface area (TPSA) is 72.5 Å². The summed E-state index contributed by atoms with van der Waals surface area (Å²) < 4.78 is 7.19. The lowest BCUT2D eigenvalue weighted by molar-refractivity contribution is -0.189. The van der Waals surface area contributed by atoms with E-state index >= 15 is 0 Å². The number of nitrogens with one attached hydrogen (secondary N) is 1. The zero-order valence-corrected chi connectivity index (χ0v) is 27.5. The van der Waals surface area contributed by atoms with E-state index in [9.17, 15) is 14.4 Å². The first-order chi connectivity index (χ1) is 18.8. The second-order valence-electron chi connectivity index (χ2n) is 14.5. The van der Waals surface area contributed by atoms with Gasteiger partial charge in [-0.2, -0.15) is 0 Å². The van der Waals surface area contributed by atoms with Gasteiger partial charge in [0.05, 0.1) is 9.83 Å². The van der Waals surface area contributed by atoms with E-state index in [4.69, 9.17) is 4.74 Å². The first-order valence-corrected chi connectivity index (χ1v) is 17.2. The molecule has 4 fully saturated rings. The number of amides is 1. The number of fused-ring (bicyclic) bond motifs is 5. The van der Waals surface area contributed by atoms with Gasteiger partial charge in [0.25, 0.3) is 0 Å². The maximum atomic E-state index is 13.4. The Labute approximate surface area is 253 Å². The molecule has 5 rings (SSSR count). The molecule has 222 valence electrons. The summed E-state index contributed by atoms with van der Waals surface area (Å²) >= 11 is 5.26. The Morgan fingerprint density at radius 1 is 1.10 bits per heavy atom. The minimum absolute atomic E-state index is 0.0288. The summed E-state index contributed by atoms with van der Waals surface area (Å²) in [6.07, 6.45) is 8.18. The van der Waals surface area contributed by atoms with Crippen LogP contribution in [-0.2, 0) is 19.1 Å². The molecule has 0 saturated heterocycles. The lowest BCUT2D eigenvalue weighted by Crippen LogP contribution is -2.59. The smallest absolute Gasteiger partial charge is 0.302 e. The Morgan fingerprint density at radius 2 is 1.82 bits per heavy atom. The zero-order chi connectivity index (χ0) is 29.0. The van der Waals surface area contributed by atoms with Crippen molar-refractivity contribution in [1.82, 2.24) is 5.32 Å². The molecule has 4 aliphatic carbocycles. The Bertz CT molecular complexity index is 1130. The van der Waals surface area contributed by atoms with Crippen LogP contribution >= 0.6 is 27.3 Å². The van der Waals surface area contributed by atoms with Gasteiger partial charge in [-0.25, -0.2) is 0 Å². The molecule has 1 heterocycles. The van der Waals surface area contributed by atoms with Gasteiger partial charge < -0.3 is 10.1 Å². The normalized spacial score (nSPS) is 38.6. The molecule has 0 radical (unpaired) electrons. The number of esters is 1. The lowest BCUT2D eigenvalue weighted by atomic mass is 9.43. The number of carbonyl (C=O) groups is 3. The first kappa shape index (κ1) is 30.3. The van der Waals surface area contributed by atoms with Crippen molar-refractivity contribution in [1.29, 1.82) is 0 Å². The largest absolute Gasteiger partial charge is 0.462 e. The van der Waals surface area contributed by atoms with Crippen molar-refractivity contribution in [2.24, 2.45) is 52.3 Å². The van der Waals surface area contributed by atoms with Crippen molar-refractivity contribution in [3.63, 3.8) is 0 Å². The molecule has 0 bridgehead atoms. The number of halogens is 1. The third kappa shape index (κ3) is 5.47. The fraction of sp³-hybridized carbons (Fsp3) is 0.788. The third-order valence-electron chi connectivity index (χ3n) is 11.9. The average molecular weight is 635 g/mol. The van der Waals surface area contributed by atoms with Gasteiger partial charge in [0.2, 0.25) is 5.91 Å². The minimum Gasteiger partial charge on any atom is -0.462 e. The van der Waals surface area contributed by atoms with Crippen LogP contribution in [0.2, 0.25) is 0 Å². The molecule has 10 atom stereocenters. The molecule has 1 N–H and O–H groups in total. The molecule has 4 aliphatic rings. The van der Waals surface area contributed by atoms with Gasteiger partial charge in [-0.3, -0.25) is 14.4 Å². The number of thiophene rings is 1. The van der Waals surface area contributed by atoms with Gasteiger partial charge in [0.15, 0.2) is 0 Å². The first-order valence-electron chi connectivity index (χ1n) is 15.6. The van der Waals surface area contributed by atoms with Crippen molar-refractivity contribution < 1.29 is 19.1 Å². The van der Waals surface area contributed by atoms with E-state index in [1.165, 1.54) is 11.8 Å². The molecule has 0 aromatic carbocycles. The number of ether oxygens (including phenoxy) is 1.